The van der Waals surface area contributed by atoms with Crippen LogP contribution in [0, 0.1) is 0 Å². The van der Waals surface area contributed by atoms with Crippen LogP contribution >= 0.6 is 11.6 Å². The van der Waals surface area contributed by atoms with Crippen LogP contribution in [-0.4, -0.2) is 22.0 Å². The zero-order valence-electron chi connectivity index (χ0n) is 13.6. The van der Waals surface area contributed by atoms with Crippen molar-refractivity contribution in [3.05, 3.63) is 65.0 Å². The van der Waals surface area contributed by atoms with Gasteiger partial charge < -0.3 is 15.6 Å². The monoisotopic (exact) mass is 370 g/mol. The molecule has 7 nitrogen and oxygen atoms in total. The maximum Gasteiger partial charge on any atom is 0.248 e. The highest BCUT2D eigenvalue weighted by molar-refractivity contribution is 6.33. The first kappa shape index (κ1) is 17.6. The second-order valence-corrected chi connectivity index (χ2v) is 5.89. The van der Waals surface area contributed by atoms with Gasteiger partial charge in [0.25, 0.3) is 0 Å². The van der Waals surface area contributed by atoms with Crippen LogP contribution < -0.4 is 11.1 Å². The maximum atomic E-state index is 12.0. The highest BCUT2D eigenvalue weighted by atomic mass is 35.5. The number of hydrogen-bond acceptors (Lipinski definition) is 5. The van der Waals surface area contributed by atoms with E-state index in [4.69, 9.17) is 21.9 Å². The Morgan fingerprint density at radius 3 is 2.54 bits per heavy atom. The van der Waals surface area contributed by atoms with Crippen molar-refractivity contribution in [1.29, 1.82) is 0 Å². The molecular weight excluding hydrogens is 356 g/mol. The van der Waals surface area contributed by atoms with E-state index in [0.29, 0.717) is 40.0 Å². The van der Waals surface area contributed by atoms with Crippen molar-refractivity contribution < 1.29 is 14.1 Å². The van der Waals surface area contributed by atoms with Crippen molar-refractivity contribution >= 4 is 29.1 Å². The average Bonchev–Trinajstić information content (AvgIpc) is 3.09. The summed E-state index contributed by atoms with van der Waals surface area (Å²) in [6.45, 7) is 0. The van der Waals surface area contributed by atoms with E-state index < -0.39 is 5.91 Å². The molecule has 0 saturated carbocycles. The normalized spacial score (nSPS) is 10.5. The minimum absolute atomic E-state index is 0.168. The summed E-state index contributed by atoms with van der Waals surface area (Å²) >= 11 is 6.10. The number of nitrogens with two attached hydrogens (primary N) is 1. The fraction of sp³-hybridized carbons (Fsp3) is 0.111. The Labute approximate surface area is 154 Å². The molecule has 0 aliphatic rings. The Kier molecular flexibility index (Phi) is 5.28. The van der Waals surface area contributed by atoms with Gasteiger partial charge in [0.05, 0.1) is 5.02 Å². The van der Waals surface area contributed by atoms with Gasteiger partial charge in [0, 0.05) is 29.7 Å². The first-order valence-electron chi connectivity index (χ1n) is 7.80. The number of nitrogens with zero attached hydrogens (tertiary/aromatic N) is 2. The molecule has 0 saturated heterocycles. The molecule has 0 aliphatic carbocycles. The number of amides is 2. The second kappa shape index (κ2) is 7.79. The fourth-order valence-corrected chi connectivity index (χ4v) is 2.49. The van der Waals surface area contributed by atoms with E-state index in [-0.39, 0.29) is 12.3 Å². The van der Waals surface area contributed by atoms with Gasteiger partial charge in [0.1, 0.15) is 0 Å². The van der Waals surface area contributed by atoms with Crippen molar-refractivity contribution in [1.82, 2.24) is 10.1 Å². The molecule has 3 aromatic rings. The molecule has 0 bridgehead atoms. The van der Waals surface area contributed by atoms with Crippen LogP contribution in [0.3, 0.4) is 0 Å². The molecule has 0 aliphatic heterocycles. The van der Waals surface area contributed by atoms with Crippen molar-refractivity contribution in [3.8, 4) is 11.4 Å². The Balaban J connectivity index is 1.56. The summed E-state index contributed by atoms with van der Waals surface area (Å²) < 4.78 is 5.17. The molecule has 1 heterocycles. The largest absolute Gasteiger partial charge is 0.366 e. The number of carbonyl (C=O) groups excluding carboxylic acids is 2. The number of halogens is 1. The van der Waals surface area contributed by atoms with Gasteiger partial charge in [-0.05, 0) is 36.4 Å². The molecule has 2 amide bonds. The van der Waals surface area contributed by atoms with Crippen molar-refractivity contribution in [2.45, 2.75) is 12.8 Å². The van der Waals surface area contributed by atoms with Crippen LogP contribution in [0.15, 0.2) is 53.1 Å². The van der Waals surface area contributed by atoms with E-state index in [1.165, 1.54) is 0 Å². The molecule has 1 aromatic heterocycles. The number of benzene rings is 2. The summed E-state index contributed by atoms with van der Waals surface area (Å²) in [6, 6.07) is 13.5. The van der Waals surface area contributed by atoms with Gasteiger partial charge in [-0.25, -0.2) is 0 Å². The van der Waals surface area contributed by atoms with E-state index in [1.54, 1.807) is 36.4 Å². The molecule has 0 fully saturated rings. The molecule has 26 heavy (non-hydrogen) atoms. The Morgan fingerprint density at radius 1 is 1.12 bits per heavy atom. The van der Waals surface area contributed by atoms with Gasteiger partial charge in [0.2, 0.25) is 23.5 Å². The number of nitrogens with one attached hydrogen (secondary N) is 1. The summed E-state index contributed by atoms with van der Waals surface area (Å²) in [6.07, 6.45) is 0.463. The Hall–Kier alpha value is -3.19. The number of aromatic nitrogens is 2. The zero-order chi connectivity index (χ0) is 18.5. The van der Waals surface area contributed by atoms with Crippen LogP contribution in [0.2, 0.25) is 5.02 Å². The van der Waals surface area contributed by atoms with Crippen LogP contribution in [0.4, 0.5) is 5.69 Å². The first-order valence-corrected chi connectivity index (χ1v) is 8.18. The molecule has 0 spiro atoms. The zero-order valence-corrected chi connectivity index (χ0v) is 14.4. The average molecular weight is 371 g/mol. The summed E-state index contributed by atoms with van der Waals surface area (Å²) in [4.78, 5) is 27.3. The van der Waals surface area contributed by atoms with E-state index in [0.717, 1.165) is 0 Å². The Bertz CT molecular complexity index is 938. The van der Waals surface area contributed by atoms with Crippen molar-refractivity contribution in [3.63, 3.8) is 0 Å². The minimum Gasteiger partial charge on any atom is -0.366 e. The smallest absolute Gasteiger partial charge is 0.248 e. The quantitative estimate of drug-likeness (QED) is 0.692. The molecule has 0 unspecified atom stereocenters. The van der Waals surface area contributed by atoms with Gasteiger partial charge in [-0.15, -0.1) is 0 Å². The van der Waals surface area contributed by atoms with E-state index >= 15 is 0 Å². The maximum absolute atomic E-state index is 12.0. The van der Waals surface area contributed by atoms with Gasteiger partial charge in [-0.3, -0.25) is 9.59 Å². The van der Waals surface area contributed by atoms with Crippen LogP contribution in [0.1, 0.15) is 22.7 Å². The molecule has 2 aromatic carbocycles. The van der Waals surface area contributed by atoms with Crippen molar-refractivity contribution in [2.24, 2.45) is 5.73 Å². The summed E-state index contributed by atoms with van der Waals surface area (Å²) in [5, 5.41) is 7.14. The van der Waals surface area contributed by atoms with E-state index in [2.05, 4.69) is 15.5 Å². The van der Waals surface area contributed by atoms with Crippen molar-refractivity contribution in [2.75, 3.05) is 5.32 Å². The highest BCUT2D eigenvalue weighted by Gasteiger charge is 2.13. The molecular formula is C18H15ClN4O3. The minimum atomic E-state index is -0.520. The lowest BCUT2D eigenvalue weighted by molar-refractivity contribution is -0.116. The van der Waals surface area contributed by atoms with Crippen LogP contribution in [-0.2, 0) is 11.2 Å². The third kappa shape index (κ3) is 4.25. The Morgan fingerprint density at radius 2 is 1.85 bits per heavy atom. The number of anilines is 1. The fourth-order valence-electron chi connectivity index (χ4n) is 2.27. The third-order valence-corrected chi connectivity index (χ3v) is 3.93. The molecule has 132 valence electrons. The van der Waals surface area contributed by atoms with Crippen LogP contribution in [0.5, 0.6) is 0 Å². The molecule has 0 atom stereocenters. The van der Waals surface area contributed by atoms with Gasteiger partial charge >= 0.3 is 0 Å². The highest BCUT2D eigenvalue weighted by Crippen LogP contribution is 2.25. The van der Waals surface area contributed by atoms with E-state index in [1.807, 2.05) is 12.1 Å². The lowest BCUT2D eigenvalue weighted by atomic mass is 10.2. The van der Waals surface area contributed by atoms with Gasteiger partial charge in [0.15, 0.2) is 0 Å². The standard InChI is InChI=1S/C18H15ClN4O3/c19-14-4-2-1-3-13(14)18-22-16(26-23-18)10-9-15(24)21-12-7-5-11(6-8-12)17(20)25/h1-8H,9-10H2,(H2,20,25)(H,21,24). The summed E-state index contributed by atoms with van der Waals surface area (Å²) in [7, 11) is 0. The number of primary amides is 1. The lowest BCUT2D eigenvalue weighted by Crippen LogP contribution is -2.13. The predicted octanol–water partition coefficient (Wildman–Crippen LogP) is 3.06. The number of carbonyl (C=O) groups is 2. The first-order chi connectivity index (χ1) is 12.5. The topological polar surface area (TPSA) is 111 Å². The summed E-state index contributed by atoms with van der Waals surface area (Å²) in [5.41, 5.74) is 6.79. The number of aryl methyl sites for hydroxylation is 1. The number of rotatable bonds is 6. The summed E-state index contributed by atoms with van der Waals surface area (Å²) in [5.74, 6) is -0.00453. The molecule has 3 rings (SSSR count). The second-order valence-electron chi connectivity index (χ2n) is 5.48. The molecule has 8 heteroatoms. The van der Waals surface area contributed by atoms with E-state index in [9.17, 15) is 9.59 Å². The third-order valence-electron chi connectivity index (χ3n) is 3.60. The SMILES string of the molecule is NC(=O)c1ccc(NC(=O)CCc2nc(-c3ccccc3Cl)no2)cc1. The predicted molar refractivity (Wildman–Crippen MR) is 96.7 cm³/mol. The number of hydrogen-bond donors (Lipinski definition) is 2. The lowest BCUT2D eigenvalue weighted by Gasteiger charge is -2.04. The van der Waals surface area contributed by atoms with Crippen LogP contribution in [0.25, 0.3) is 11.4 Å². The van der Waals surface area contributed by atoms with Gasteiger partial charge in [-0.1, -0.05) is 28.9 Å². The molecule has 3 N–H and O–H groups in total. The van der Waals surface area contributed by atoms with Gasteiger partial charge in [-0.2, -0.15) is 4.98 Å². The molecule has 0 radical (unpaired) electrons.